The van der Waals surface area contributed by atoms with Crippen LogP contribution in [0.25, 0.3) is 0 Å². The molecular formula is C13H18BClO2S. The maximum Gasteiger partial charge on any atom is 0.494 e. The minimum atomic E-state index is -0.321. The Morgan fingerprint density at radius 2 is 1.67 bits per heavy atom. The van der Waals surface area contributed by atoms with Crippen LogP contribution < -0.4 is 5.46 Å². The van der Waals surface area contributed by atoms with E-state index in [1.54, 1.807) is 11.8 Å². The molecule has 98 valence electrons. The van der Waals surface area contributed by atoms with Crippen molar-refractivity contribution in [2.45, 2.75) is 43.8 Å². The van der Waals surface area contributed by atoms with Crippen LogP contribution in [0.15, 0.2) is 23.1 Å². The fourth-order valence-electron chi connectivity index (χ4n) is 1.80. The highest BCUT2D eigenvalue weighted by Crippen LogP contribution is 2.36. The second kappa shape index (κ2) is 4.75. The number of rotatable bonds is 2. The number of hydrogen-bond acceptors (Lipinski definition) is 3. The fraction of sp³-hybridized carbons (Fsp3) is 0.538. The first kappa shape index (κ1) is 14.3. The van der Waals surface area contributed by atoms with Crippen molar-refractivity contribution >= 4 is 35.9 Å². The highest BCUT2D eigenvalue weighted by atomic mass is 35.5. The lowest BCUT2D eigenvalue weighted by atomic mass is 9.79. The molecule has 0 atom stereocenters. The first-order chi connectivity index (χ1) is 8.27. The van der Waals surface area contributed by atoms with Gasteiger partial charge in [-0.15, -0.1) is 11.8 Å². The Hall–Kier alpha value is -0.155. The maximum absolute atomic E-state index is 6.11. The third kappa shape index (κ3) is 2.44. The van der Waals surface area contributed by atoms with Crippen molar-refractivity contribution < 1.29 is 9.31 Å². The van der Waals surface area contributed by atoms with Gasteiger partial charge in [-0.05, 0) is 51.5 Å². The molecule has 0 spiro atoms. The van der Waals surface area contributed by atoms with Crippen molar-refractivity contribution in [3.63, 3.8) is 0 Å². The van der Waals surface area contributed by atoms with Gasteiger partial charge in [0.2, 0.25) is 0 Å². The van der Waals surface area contributed by atoms with Crippen LogP contribution in [0.4, 0.5) is 0 Å². The Kier molecular flexibility index (Phi) is 3.76. The Morgan fingerprint density at radius 1 is 1.11 bits per heavy atom. The third-order valence-corrected chi connectivity index (χ3v) is 4.92. The number of benzene rings is 1. The second-order valence-corrected chi connectivity index (χ2v) is 6.74. The van der Waals surface area contributed by atoms with E-state index in [-0.39, 0.29) is 18.3 Å². The summed E-state index contributed by atoms with van der Waals surface area (Å²) in [6.07, 6.45) is 2.01. The van der Waals surface area contributed by atoms with Gasteiger partial charge in [0.15, 0.2) is 0 Å². The van der Waals surface area contributed by atoms with Crippen molar-refractivity contribution in [1.82, 2.24) is 0 Å². The van der Waals surface area contributed by atoms with Crippen LogP contribution in [0.5, 0.6) is 0 Å². The van der Waals surface area contributed by atoms with Crippen LogP contribution in [0.2, 0.25) is 5.02 Å². The summed E-state index contributed by atoms with van der Waals surface area (Å²) in [5.74, 6) is 0. The molecule has 1 heterocycles. The molecule has 1 aliphatic heterocycles. The summed E-state index contributed by atoms with van der Waals surface area (Å²) in [5.41, 5.74) is 0.399. The number of halogens is 1. The standard InChI is InChI=1S/C13H18BClO2S/c1-12(2)13(3,4)17-14(16-12)9-6-7-10(15)11(8-9)18-5/h6-8H,1-5H3. The van der Waals surface area contributed by atoms with E-state index >= 15 is 0 Å². The van der Waals surface area contributed by atoms with E-state index in [9.17, 15) is 0 Å². The van der Waals surface area contributed by atoms with Gasteiger partial charge in [0.05, 0.1) is 16.2 Å². The predicted molar refractivity (Wildman–Crippen MR) is 78.9 cm³/mol. The molecule has 5 heteroatoms. The van der Waals surface area contributed by atoms with Crippen molar-refractivity contribution in [3.05, 3.63) is 23.2 Å². The zero-order valence-corrected chi connectivity index (χ0v) is 13.0. The third-order valence-electron chi connectivity index (χ3n) is 3.70. The largest absolute Gasteiger partial charge is 0.494 e. The molecule has 1 aromatic rings. The molecular weight excluding hydrogens is 266 g/mol. The van der Waals surface area contributed by atoms with Gasteiger partial charge < -0.3 is 9.31 Å². The Balaban J connectivity index is 2.30. The molecule has 0 saturated carbocycles. The maximum atomic E-state index is 6.11. The van der Waals surface area contributed by atoms with E-state index < -0.39 is 0 Å². The SMILES string of the molecule is CSc1cc(B2OC(C)(C)C(C)(C)O2)ccc1Cl. The van der Waals surface area contributed by atoms with Gasteiger partial charge in [0.25, 0.3) is 0 Å². The van der Waals surface area contributed by atoms with Crippen LogP contribution in [0.1, 0.15) is 27.7 Å². The lowest BCUT2D eigenvalue weighted by molar-refractivity contribution is 0.00578. The monoisotopic (exact) mass is 284 g/mol. The summed E-state index contributed by atoms with van der Waals surface area (Å²) in [4.78, 5) is 1.05. The molecule has 0 bridgehead atoms. The van der Waals surface area contributed by atoms with Crippen LogP contribution in [0.3, 0.4) is 0 Å². The van der Waals surface area contributed by atoms with Crippen LogP contribution >= 0.6 is 23.4 Å². The number of thioether (sulfide) groups is 1. The second-order valence-electron chi connectivity index (χ2n) is 5.48. The molecule has 0 amide bonds. The highest BCUT2D eigenvalue weighted by Gasteiger charge is 2.51. The molecule has 1 fully saturated rings. The molecule has 0 radical (unpaired) electrons. The van der Waals surface area contributed by atoms with Gasteiger partial charge in [-0.1, -0.05) is 17.7 Å². The minimum Gasteiger partial charge on any atom is -0.399 e. The summed E-state index contributed by atoms with van der Waals surface area (Å²) in [6.45, 7) is 8.22. The van der Waals surface area contributed by atoms with Gasteiger partial charge in [0, 0.05) is 4.90 Å². The van der Waals surface area contributed by atoms with Gasteiger partial charge in [-0.25, -0.2) is 0 Å². The molecule has 0 N–H and O–H groups in total. The van der Waals surface area contributed by atoms with E-state index in [0.29, 0.717) is 0 Å². The molecule has 18 heavy (non-hydrogen) atoms. The normalized spacial score (nSPS) is 21.3. The van der Waals surface area contributed by atoms with Crippen LogP contribution in [-0.4, -0.2) is 24.6 Å². The van der Waals surface area contributed by atoms with Crippen molar-refractivity contribution in [1.29, 1.82) is 0 Å². The Bertz CT molecular complexity index is 446. The van der Waals surface area contributed by atoms with E-state index in [1.807, 2.05) is 24.5 Å². The first-order valence-corrected chi connectivity index (χ1v) is 7.56. The van der Waals surface area contributed by atoms with Gasteiger partial charge in [0.1, 0.15) is 0 Å². The molecule has 1 aromatic carbocycles. The summed E-state index contributed by atoms with van der Waals surface area (Å²) < 4.78 is 12.0. The quantitative estimate of drug-likeness (QED) is 0.613. The number of hydrogen-bond donors (Lipinski definition) is 0. The molecule has 0 aliphatic carbocycles. The fourth-order valence-corrected chi connectivity index (χ4v) is 2.67. The van der Waals surface area contributed by atoms with E-state index in [1.165, 1.54) is 0 Å². The summed E-state index contributed by atoms with van der Waals surface area (Å²) in [5, 5.41) is 0.766. The predicted octanol–water partition coefficient (Wildman–Crippen LogP) is 3.36. The molecule has 0 unspecified atom stereocenters. The molecule has 1 saturated heterocycles. The topological polar surface area (TPSA) is 18.5 Å². The Morgan fingerprint density at radius 3 is 2.17 bits per heavy atom. The molecule has 2 nitrogen and oxygen atoms in total. The average molecular weight is 285 g/mol. The Labute approximate surface area is 119 Å². The van der Waals surface area contributed by atoms with Crippen molar-refractivity contribution in [2.75, 3.05) is 6.26 Å². The zero-order valence-electron chi connectivity index (χ0n) is 11.4. The average Bonchev–Trinajstić information content (AvgIpc) is 2.49. The smallest absolute Gasteiger partial charge is 0.399 e. The summed E-state index contributed by atoms with van der Waals surface area (Å²) in [7, 11) is -0.321. The molecule has 1 aliphatic rings. The summed E-state index contributed by atoms with van der Waals surface area (Å²) >= 11 is 7.74. The molecule has 2 rings (SSSR count). The lowest BCUT2D eigenvalue weighted by Crippen LogP contribution is -2.41. The van der Waals surface area contributed by atoms with Crippen molar-refractivity contribution in [2.24, 2.45) is 0 Å². The van der Waals surface area contributed by atoms with Gasteiger partial charge in [-0.3, -0.25) is 0 Å². The van der Waals surface area contributed by atoms with Crippen LogP contribution in [-0.2, 0) is 9.31 Å². The molecule has 0 aromatic heterocycles. The highest BCUT2D eigenvalue weighted by molar-refractivity contribution is 7.98. The van der Waals surface area contributed by atoms with Crippen LogP contribution in [0, 0.1) is 0 Å². The first-order valence-electron chi connectivity index (χ1n) is 5.96. The minimum absolute atomic E-state index is 0.309. The van der Waals surface area contributed by atoms with E-state index in [0.717, 1.165) is 15.4 Å². The van der Waals surface area contributed by atoms with Gasteiger partial charge in [-0.2, -0.15) is 0 Å². The zero-order chi connectivity index (χ0) is 13.6. The lowest BCUT2D eigenvalue weighted by Gasteiger charge is -2.32. The van der Waals surface area contributed by atoms with Gasteiger partial charge >= 0.3 is 7.12 Å². The van der Waals surface area contributed by atoms with E-state index in [4.69, 9.17) is 20.9 Å². The summed E-state index contributed by atoms with van der Waals surface area (Å²) in [6, 6.07) is 5.90. The van der Waals surface area contributed by atoms with E-state index in [2.05, 4.69) is 27.7 Å². The van der Waals surface area contributed by atoms with Crippen molar-refractivity contribution in [3.8, 4) is 0 Å².